The third-order valence-corrected chi connectivity index (χ3v) is 3.90. The van der Waals surface area contributed by atoms with E-state index in [1.807, 2.05) is 25.1 Å². The second-order valence-corrected chi connectivity index (χ2v) is 5.33. The van der Waals surface area contributed by atoms with Crippen LogP contribution in [0.15, 0.2) is 29.1 Å². The topological polar surface area (TPSA) is 60.2 Å². The fourth-order valence-electron chi connectivity index (χ4n) is 2.76. The summed E-state index contributed by atoms with van der Waals surface area (Å²) in [5, 5.41) is 8.77. The molecule has 6 heteroatoms. The van der Waals surface area contributed by atoms with Crippen LogP contribution in [0.5, 0.6) is 0 Å². The van der Waals surface area contributed by atoms with Gasteiger partial charge in [-0.05, 0) is 31.9 Å². The molecule has 0 amide bonds. The van der Waals surface area contributed by atoms with Gasteiger partial charge in [0.25, 0.3) is 5.56 Å². The SMILES string of the molecule is CCOC1CCN(Cn2nnc3ccccc3c2=O)CC1. The van der Waals surface area contributed by atoms with Gasteiger partial charge in [0.05, 0.1) is 18.2 Å². The fourth-order valence-corrected chi connectivity index (χ4v) is 2.76. The number of benzene rings is 1. The lowest BCUT2D eigenvalue weighted by Gasteiger charge is -2.31. The van der Waals surface area contributed by atoms with Crippen molar-refractivity contribution in [2.75, 3.05) is 19.7 Å². The largest absolute Gasteiger partial charge is 0.378 e. The second-order valence-electron chi connectivity index (χ2n) is 5.33. The third-order valence-electron chi connectivity index (χ3n) is 3.90. The van der Waals surface area contributed by atoms with Crippen LogP contribution in [0.2, 0.25) is 0 Å². The second kappa shape index (κ2) is 6.32. The number of aromatic nitrogens is 3. The molecule has 1 aromatic heterocycles. The van der Waals surface area contributed by atoms with Crippen LogP contribution >= 0.6 is 0 Å². The van der Waals surface area contributed by atoms with Crippen LogP contribution in [0.25, 0.3) is 10.9 Å². The number of hydrogen-bond acceptors (Lipinski definition) is 5. The Morgan fingerprint density at radius 1 is 1.29 bits per heavy atom. The average Bonchev–Trinajstić information content (AvgIpc) is 2.52. The zero-order valence-corrected chi connectivity index (χ0v) is 12.2. The number of fused-ring (bicyclic) bond motifs is 1. The van der Waals surface area contributed by atoms with Crippen LogP contribution < -0.4 is 5.56 Å². The Hall–Kier alpha value is -1.79. The van der Waals surface area contributed by atoms with Crippen molar-refractivity contribution >= 4 is 10.9 Å². The van der Waals surface area contributed by atoms with Gasteiger partial charge in [0.1, 0.15) is 5.52 Å². The fraction of sp³-hybridized carbons (Fsp3) is 0.533. The summed E-state index contributed by atoms with van der Waals surface area (Å²) in [5.41, 5.74) is 0.571. The quantitative estimate of drug-likeness (QED) is 0.847. The maximum atomic E-state index is 12.4. The molecule has 0 aliphatic carbocycles. The smallest absolute Gasteiger partial charge is 0.278 e. The van der Waals surface area contributed by atoms with Gasteiger partial charge in [-0.2, -0.15) is 4.68 Å². The van der Waals surface area contributed by atoms with E-state index in [2.05, 4.69) is 15.2 Å². The van der Waals surface area contributed by atoms with E-state index < -0.39 is 0 Å². The molecule has 2 aromatic rings. The summed E-state index contributed by atoms with van der Waals surface area (Å²) in [4.78, 5) is 14.6. The van der Waals surface area contributed by atoms with E-state index in [-0.39, 0.29) is 5.56 Å². The Labute approximate surface area is 123 Å². The molecule has 1 fully saturated rings. The van der Waals surface area contributed by atoms with Crippen LogP contribution in [0.1, 0.15) is 19.8 Å². The number of likely N-dealkylation sites (tertiary alicyclic amines) is 1. The van der Waals surface area contributed by atoms with Crippen molar-refractivity contribution in [3.63, 3.8) is 0 Å². The molecule has 1 aliphatic heterocycles. The predicted molar refractivity (Wildman–Crippen MR) is 80.0 cm³/mol. The van der Waals surface area contributed by atoms with Crippen molar-refractivity contribution < 1.29 is 4.74 Å². The van der Waals surface area contributed by atoms with Crippen LogP contribution in [0.3, 0.4) is 0 Å². The van der Waals surface area contributed by atoms with Gasteiger partial charge in [-0.25, -0.2) is 0 Å². The van der Waals surface area contributed by atoms with Crippen molar-refractivity contribution in [3.8, 4) is 0 Å². The highest BCUT2D eigenvalue weighted by Crippen LogP contribution is 2.13. The Morgan fingerprint density at radius 2 is 2.05 bits per heavy atom. The minimum absolute atomic E-state index is 0.0764. The zero-order chi connectivity index (χ0) is 14.7. The van der Waals surface area contributed by atoms with Gasteiger partial charge in [-0.15, -0.1) is 5.10 Å². The maximum Gasteiger partial charge on any atom is 0.278 e. The van der Waals surface area contributed by atoms with Crippen molar-refractivity contribution in [2.45, 2.75) is 32.5 Å². The maximum absolute atomic E-state index is 12.4. The first-order chi connectivity index (χ1) is 10.3. The van der Waals surface area contributed by atoms with E-state index in [0.29, 0.717) is 23.7 Å². The Balaban J connectivity index is 1.71. The van der Waals surface area contributed by atoms with Gasteiger partial charge >= 0.3 is 0 Å². The summed E-state index contributed by atoms with van der Waals surface area (Å²) in [6.07, 6.45) is 2.36. The van der Waals surface area contributed by atoms with E-state index in [1.165, 1.54) is 4.68 Å². The van der Waals surface area contributed by atoms with Gasteiger partial charge in [0, 0.05) is 19.7 Å². The minimum atomic E-state index is -0.0764. The first kappa shape index (κ1) is 14.2. The van der Waals surface area contributed by atoms with E-state index >= 15 is 0 Å². The number of hydrogen-bond donors (Lipinski definition) is 0. The summed E-state index contributed by atoms with van der Waals surface area (Å²) < 4.78 is 7.09. The Morgan fingerprint density at radius 3 is 2.81 bits per heavy atom. The molecule has 0 unspecified atom stereocenters. The molecule has 2 heterocycles. The molecule has 1 aromatic carbocycles. The standard InChI is InChI=1S/C15H20N4O2/c1-2-21-12-7-9-18(10-8-12)11-19-15(20)13-5-3-4-6-14(13)16-17-19/h3-6,12H,2,7-11H2,1H3. The predicted octanol–water partition coefficient (Wildman–Crippen LogP) is 1.25. The van der Waals surface area contributed by atoms with Crippen LogP contribution in [0, 0.1) is 0 Å². The van der Waals surface area contributed by atoms with Gasteiger partial charge in [0.2, 0.25) is 0 Å². The monoisotopic (exact) mass is 288 g/mol. The molecule has 0 spiro atoms. The normalized spacial score (nSPS) is 17.4. The van der Waals surface area contributed by atoms with Crippen molar-refractivity contribution in [1.82, 2.24) is 19.9 Å². The highest BCUT2D eigenvalue weighted by atomic mass is 16.5. The molecule has 0 radical (unpaired) electrons. The summed E-state index contributed by atoms with van der Waals surface area (Å²) in [6, 6.07) is 7.31. The molecule has 21 heavy (non-hydrogen) atoms. The van der Waals surface area contributed by atoms with Crippen molar-refractivity contribution in [1.29, 1.82) is 0 Å². The highest BCUT2D eigenvalue weighted by Gasteiger charge is 2.20. The Kier molecular flexibility index (Phi) is 4.26. The van der Waals surface area contributed by atoms with Crippen LogP contribution in [0.4, 0.5) is 0 Å². The summed E-state index contributed by atoms with van der Waals surface area (Å²) in [6.45, 7) is 5.13. The van der Waals surface area contributed by atoms with E-state index in [0.717, 1.165) is 32.5 Å². The van der Waals surface area contributed by atoms with Gasteiger partial charge < -0.3 is 4.74 Å². The number of rotatable bonds is 4. The molecule has 112 valence electrons. The van der Waals surface area contributed by atoms with E-state index in [9.17, 15) is 4.79 Å². The summed E-state index contributed by atoms with van der Waals surface area (Å²) >= 11 is 0. The summed E-state index contributed by atoms with van der Waals surface area (Å²) in [7, 11) is 0. The molecular formula is C15H20N4O2. The lowest BCUT2D eigenvalue weighted by molar-refractivity contribution is 0.00569. The summed E-state index contributed by atoms with van der Waals surface area (Å²) in [5.74, 6) is 0. The van der Waals surface area contributed by atoms with E-state index in [4.69, 9.17) is 4.74 Å². The number of nitrogens with zero attached hydrogens (tertiary/aromatic N) is 4. The van der Waals surface area contributed by atoms with Crippen molar-refractivity contribution in [3.05, 3.63) is 34.6 Å². The van der Waals surface area contributed by atoms with Crippen LogP contribution in [-0.4, -0.2) is 45.7 Å². The lowest BCUT2D eigenvalue weighted by Crippen LogP contribution is -2.41. The molecule has 6 nitrogen and oxygen atoms in total. The molecule has 1 saturated heterocycles. The number of piperidine rings is 1. The van der Waals surface area contributed by atoms with Crippen molar-refractivity contribution in [2.24, 2.45) is 0 Å². The van der Waals surface area contributed by atoms with E-state index in [1.54, 1.807) is 6.07 Å². The minimum Gasteiger partial charge on any atom is -0.378 e. The Bertz CT molecular complexity index is 662. The molecule has 0 atom stereocenters. The molecular weight excluding hydrogens is 268 g/mol. The third kappa shape index (κ3) is 3.11. The molecule has 3 rings (SSSR count). The van der Waals surface area contributed by atoms with Gasteiger partial charge in [0.15, 0.2) is 0 Å². The van der Waals surface area contributed by atoms with Crippen LogP contribution in [-0.2, 0) is 11.4 Å². The number of ether oxygens (including phenoxy) is 1. The lowest BCUT2D eigenvalue weighted by atomic mass is 10.1. The first-order valence-electron chi connectivity index (χ1n) is 7.44. The van der Waals surface area contributed by atoms with Gasteiger partial charge in [-0.1, -0.05) is 17.3 Å². The van der Waals surface area contributed by atoms with Gasteiger partial charge in [-0.3, -0.25) is 9.69 Å². The molecule has 0 bridgehead atoms. The molecule has 0 saturated carbocycles. The zero-order valence-electron chi connectivity index (χ0n) is 12.2. The molecule has 0 N–H and O–H groups in total. The average molecular weight is 288 g/mol. The molecule has 1 aliphatic rings. The highest BCUT2D eigenvalue weighted by molar-refractivity contribution is 5.76. The first-order valence-corrected chi connectivity index (χ1v) is 7.44.